The topological polar surface area (TPSA) is 32.8 Å². The third kappa shape index (κ3) is 2.66. The largest absolute Gasteiger partial charge is 0.497 e. The summed E-state index contributed by atoms with van der Waals surface area (Å²) >= 11 is 0. The van der Waals surface area contributed by atoms with Gasteiger partial charge in [-0.25, -0.2) is 0 Å². The van der Waals surface area contributed by atoms with Crippen LogP contribution in [-0.4, -0.2) is 49.5 Å². The number of carbonyl (C=O) groups excluding carboxylic acids is 1. The van der Waals surface area contributed by atoms with Crippen LogP contribution in [0.2, 0.25) is 0 Å². The minimum Gasteiger partial charge on any atom is -0.497 e. The van der Waals surface area contributed by atoms with E-state index in [4.69, 9.17) is 4.74 Å². The zero-order valence-electron chi connectivity index (χ0n) is 12.2. The highest BCUT2D eigenvalue weighted by Gasteiger charge is 2.36. The van der Waals surface area contributed by atoms with Gasteiger partial charge in [0.05, 0.1) is 13.2 Å². The number of hydrogen-bond acceptors (Lipinski definition) is 3. The van der Waals surface area contributed by atoms with Crippen molar-refractivity contribution in [1.82, 2.24) is 9.80 Å². The molecule has 1 unspecified atom stereocenters. The van der Waals surface area contributed by atoms with Gasteiger partial charge in [0, 0.05) is 25.6 Å². The van der Waals surface area contributed by atoms with Crippen LogP contribution in [0.15, 0.2) is 24.3 Å². The van der Waals surface area contributed by atoms with Gasteiger partial charge in [0.25, 0.3) is 0 Å². The van der Waals surface area contributed by atoms with Gasteiger partial charge in [0.2, 0.25) is 5.91 Å². The summed E-state index contributed by atoms with van der Waals surface area (Å²) in [6.07, 6.45) is 2.16. The molecule has 1 aromatic carbocycles. The molecule has 0 bridgehead atoms. The van der Waals surface area contributed by atoms with Gasteiger partial charge < -0.3 is 9.64 Å². The summed E-state index contributed by atoms with van der Waals surface area (Å²) in [4.78, 5) is 16.6. The Kier molecular flexibility index (Phi) is 3.66. The summed E-state index contributed by atoms with van der Waals surface area (Å²) in [7, 11) is 3.82. The van der Waals surface area contributed by atoms with Gasteiger partial charge in [-0.1, -0.05) is 12.1 Å². The van der Waals surface area contributed by atoms with E-state index in [1.807, 2.05) is 17.0 Å². The lowest BCUT2D eigenvalue weighted by molar-refractivity contribution is -0.135. The summed E-state index contributed by atoms with van der Waals surface area (Å²) in [6.45, 7) is 2.58. The minimum atomic E-state index is 0.265. The number of amides is 1. The zero-order valence-corrected chi connectivity index (χ0v) is 12.2. The molecule has 0 N–H and O–H groups in total. The highest BCUT2D eigenvalue weighted by Crippen LogP contribution is 2.33. The lowest BCUT2D eigenvalue weighted by Gasteiger charge is -2.40. The van der Waals surface area contributed by atoms with Crippen molar-refractivity contribution < 1.29 is 9.53 Å². The fraction of sp³-hybridized carbons (Fsp3) is 0.562. The molecule has 0 radical (unpaired) electrons. The first-order chi connectivity index (χ1) is 9.69. The zero-order chi connectivity index (χ0) is 14.1. The highest BCUT2D eigenvalue weighted by molar-refractivity contribution is 5.81. The fourth-order valence-electron chi connectivity index (χ4n) is 2.87. The van der Waals surface area contributed by atoms with Crippen LogP contribution >= 0.6 is 0 Å². The number of piperazine rings is 1. The number of likely N-dealkylation sites (N-methyl/N-ethyl adjacent to an activating group) is 1. The maximum Gasteiger partial charge on any atom is 0.225 e. The van der Waals surface area contributed by atoms with Crippen molar-refractivity contribution in [2.45, 2.75) is 18.9 Å². The van der Waals surface area contributed by atoms with Crippen molar-refractivity contribution in [3.8, 4) is 5.75 Å². The van der Waals surface area contributed by atoms with E-state index in [-0.39, 0.29) is 6.04 Å². The number of nitrogens with zero attached hydrogens (tertiary/aromatic N) is 2. The molecule has 4 heteroatoms. The molecule has 1 saturated carbocycles. The van der Waals surface area contributed by atoms with Gasteiger partial charge in [-0.15, -0.1) is 0 Å². The smallest absolute Gasteiger partial charge is 0.225 e. The lowest BCUT2D eigenvalue weighted by Crippen LogP contribution is -2.49. The summed E-state index contributed by atoms with van der Waals surface area (Å²) in [5.41, 5.74) is 1.22. The molecule has 1 amide bonds. The van der Waals surface area contributed by atoms with Crippen LogP contribution in [0.4, 0.5) is 0 Å². The predicted molar refractivity (Wildman–Crippen MR) is 77.7 cm³/mol. The van der Waals surface area contributed by atoms with E-state index in [2.05, 4.69) is 24.1 Å². The molecule has 20 heavy (non-hydrogen) atoms. The van der Waals surface area contributed by atoms with Gasteiger partial charge in [-0.2, -0.15) is 0 Å². The van der Waals surface area contributed by atoms with Gasteiger partial charge in [0.1, 0.15) is 5.75 Å². The summed E-state index contributed by atoms with van der Waals surface area (Å²) in [5, 5.41) is 0. The van der Waals surface area contributed by atoms with E-state index in [1.165, 1.54) is 5.56 Å². The molecule has 1 heterocycles. The molecule has 108 valence electrons. The first-order valence-corrected chi connectivity index (χ1v) is 7.32. The Labute approximate surface area is 120 Å². The van der Waals surface area contributed by atoms with Crippen molar-refractivity contribution in [2.75, 3.05) is 33.8 Å². The summed E-state index contributed by atoms with van der Waals surface area (Å²) < 4.78 is 5.30. The Morgan fingerprint density at radius 2 is 2.10 bits per heavy atom. The lowest BCUT2D eigenvalue weighted by atomic mass is 10.0. The number of ether oxygens (including phenoxy) is 1. The Morgan fingerprint density at radius 1 is 1.30 bits per heavy atom. The van der Waals surface area contributed by atoms with Gasteiger partial charge in [0.15, 0.2) is 0 Å². The number of benzene rings is 1. The van der Waals surface area contributed by atoms with Crippen LogP contribution in [0.25, 0.3) is 0 Å². The molecule has 0 aromatic heterocycles. The van der Waals surface area contributed by atoms with E-state index >= 15 is 0 Å². The average Bonchev–Trinajstić information content (AvgIpc) is 3.32. The number of methoxy groups -OCH3 is 1. The van der Waals surface area contributed by atoms with E-state index < -0.39 is 0 Å². The third-order valence-electron chi connectivity index (χ3n) is 4.36. The van der Waals surface area contributed by atoms with E-state index in [0.717, 1.165) is 38.2 Å². The molecule has 1 aliphatic carbocycles. The highest BCUT2D eigenvalue weighted by atomic mass is 16.5. The Bertz CT molecular complexity index is 499. The van der Waals surface area contributed by atoms with Crippen LogP contribution < -0.4 is 4.74 Å². The number of hydrogen-bond donors (Lipinski definition) is 0. The first-order valence-electron chi connectivity index (χ1n) is 7.32. The van der Waals surface area contributed by atoms with Gasteiger partial charge in [-0.3, -0.25) is 9.69 Å². The molecule has 1 aromatic rings. The Balaban J connectivity index is 1.77. The summed E-state index contributed by atoms with van der Waals surface area (Å²) in [5.74, 6) is 1.54. The van der Waals surface area contributed by atoms with Crippen LogP contribution in [0.5, 0.6) is 5.75 Å². The molecule has 4 nitrogen and oxygen atoms in total. The first kappa shape index (κ1) is 13.4. The monoisotopic (exact) mass is 274 g/mol. The van der Waals surface area contributed by atoms with E-state index in [9.17, 15) is 4.79 Å². The second-order valence-corrected chi connectivity index (χ2v) is 5.83. The maximum atomic E-state index is 12.2. The molecule has 2 aliphatic rings. The van der Waals surface area contributed by atoms with Crippen LogP contribution in [-0.2, 0) is 4.79 Å². The predicted octanol–water partition coefficient (Wildman–Crippen LogP) is 1.92. The van der Waals surface area contributed by atoms with Crippen LogP contribution in [0.3, 0.4) is 0 Å². The maximum absolute atomic E-state index is 12.2. The third-order valence-corrected chi connectivity index (χ3v) is 4.36. The molecule has 0 spiro atoms. The number of rotatable bonds is 3. The second kappa shape index (κ2) is 5.44. The van der Waals surface area contributed by atoms with Crippen LogP contribution in [0, 0.1) is 5.92 Å². The minimum absolute atomic E-state index is 0.265. The second-order valence-electron chi connectivity index (χ2n) is 5.83. The Hall–Kier alpha value is -1.55. The molecule has 1 aliphatic heterocycles. The average molecular weight is 274 g/mol. The molecular formula is C16H22N2O2. The SMILES string of the molecule is COc1cccc(C2CN(C(=O)C3CC3)CCN2C)c1. The van der Waals surface area contributed by atoms with Gasteiger partial charge >= 0.3 is 0 Å². The Morgan fingerprint density at radius 3 is 2.80 bits per heavy atom. The number of carbonyl (C=O) groups is 1. The molecule has 3 rings (SSSR count). The standard InChI is InChI=1S/C16H22N2O2/c1-17-8-9-18(16(19)12-6-7-12)11-15(17)13-4-3-5-14(10-13)20-2/h3-5,10,12,15H,6-9,11H2,1-2H3. The quantitative estimate of drug-likeness (QED) is 0.844. The van der Waals surface area contributed by atoms with E-state index in [1.54, 1.807) is 7.11 Å². The van der Waals surface area contributed by atoms with Crippen molar-refractivity contribution in [1.29, 1.82) is 0 Å². The molecule has 1 atom stereocenters. The van der Waals surface area contributed by atoms with Crippen molar-refractivity contribution in [3.63, 3.8) is 0 Å². The van der Waals surface area contributed by atoms with Crippen LogP contribution in [0.1, 0.15) is 24.4 Å². The van der Waals surface area contributed by atoms with E-state index in [0.29, 0.717) is 11.8 Å². The molecule has 2 fully saturated rings. The normalized spacial score (nSPS) is 23.7. The molecular weight excluding hydrogens is 252 g/mol. The van der Waals surface area contributed by atoms with Crippen molar-refractivity contribution in [3.05, 3.63) is 29.8 Å². The molecule has 1 saturated heterocycles. The van der Waals surface area contributed by atoms with Crippen molar-refractivity contribution in [2.24, 2.45) is 5.92 Å². The summed E-state index contributed by atoms with van der Waals surface area (Å²) in [6, 6.07) is 8.44. The van der Waals surface area contributed by atoms with Crippen molar-refractivity contribution >= 4 is 5.91 Å². The fourth-order valence-corrected chi connectivity index (χ4v) is 2.87. The van der Waals surface area contributed by atoms with Gasteiger partial charge in [-0.05, 0) is 37.6 Å².